The van der Waals surface area contributed by atoms with Crippen LogP contribution in [-0.4, -0.2) is 45.9 Å². The van der Waals surface area contributed by atoms with E-state index < -0.39 is 83.3 Å². The Kier molecular flexibility index (Phi) is 9.42. The lowest BCUT2D eigenvalue weighted by atomic mass is 10.1. The van der Waals surface area contributed by atoms with Gasteiger partial charge in [-0.3, -0.25) is 24.0 Å². The van der Waals surface area contributed by atoms with Crippen LogP contribution < -0.4 is 20.9 Å². The van der Waals surface area contributed by atoms with Gasteiger partial charge in [0, 0.05) is 12.3 Å². The monoisotopic (exact) mass is 567 g/mol. The number of anilines is 1. The normalized spacial score (nSPS) is 12.3. The van der Waals surface area contributed by atoms with Crippen molar-refractivity contribution in [2.24, 2.45) is 0 Å². The third kappa shape index (κ3) is 6.73. The molecule has 0 saturated carbocycles. The van der Waals surface area contributed by atoms with Crippen LogP contribution in [0.15, 0.2) is 52.2 Å². The molecule has 0 aliphatic heterocycles. The fraction of sp³-hybridized carbons (Fsp3) is 0.240. The summed E-state index contributed by atoms with van der Waals surface area (Å²) >= 11 is 0. The van der Waals surface area contributed by atoms with Crippen LogP contribution in [0.3, 0.4) is 0 Å². The number of aromatic nitrogens is 1. The number of ether oxygens (including phenoxy) is 1. The van der Waals surface area contributed by atoms with Gasteiger partial charge in [-0.1, -0.05) is 6.92 Å². The third-order valence-corrected chi connectivity index (χ3v) is 5.55. The van der Waals surface area contributed by atoms with Crippen LogP contribution in [0.5, 0.6) is 5.75 Å². The van der Waals surface area contributed by atoms with Gasteiger partial charge >= 0.3 is 5.97 Å². The van der Waals surface area contributed by atoms with Crippen molar-refractivity contribution < 1.29 is 51.0 Å². The highest BCUT2D eigenvalue weighted by molar-refractivity contribution is 6.03. The summed E-state index contributed by atoms with van der Waals surface area (Å²) in [4.78, 5) is 62.2. The van der Waals surface area contributed by atoms with Crippen molar-refractivity contribution in [1.82, 2.24) is 9.88 Å². The first-order chi connectivity index (χ1) is 18.9. The molecule has 0 bridgehead atoms. The number of nitrogens with one attached hydrogen (secondary N) is 2. The molecule has 2 amide bonds. The van der Waals surface area contributed by atoms with E-state index in [-0.39, 0.29) is 23.7 Å². The smallest absolute Gasteiger partial charge is 0.305 e. The van der Waals surface area contributed by atoms with Gasteiger partial charge in [0.25, 0.3) is 11.5 Å². The average molecular weight is 567 g/mol. The minimum absolute atomic E-state index is 0.0334. The van der Waals surface area contributed by atoms with Crippen molar-refractivity contribution in [1.29, 1.82) is 0 Å². The number of nitrogens with zero attached hydrogens (tertiary/aromatic N) is 1. The number of hydrogen-bond acceptors (Lipinski definition) is 7. The van der Waals surface area contributed by atoms with Crippen molar-refractivity contribution in [3.8, 4) is 5.75 Å². The zero-order valence-corrected chi connectivity index (χ0v) is 20.6. The molecular formula is C25H21F4N3O8. The first-order valence-corrected chi connectivity index (χ1v) is 11.5. The molecular weight excluding hydrogens is 546 g/mol. The molecule has 212 valence electrons. The predicted octanol–water partition coefficient (Wildman–Crippen LogP) is 2.81. The zero-order chi connectivity index (χ0) is 29.6. The Balaban J connectivity index is 1.79. The standard InChI is InChI=1S/C25H21F4N3O8/c1-2-17(32-6-3-4-15(25(32)38)30-23(36)12-5-7-39-10-12)24(37)31-16(9-19(34)35)18(33)11-40-22-20(28)13(26)8-14(27)21(22)29/h3-8,10,16-17H,2,9,11H2,1H3,(H,30,36)(H,31,37)(H,34,35)/t16?,17-/m0/s1. The highest BCUT2D eigenvalue weighted by atomic mass is 19.2. The minimum Gasteiger partial charge on any atom is -0.481 e. The Morgan fingerprint density at radius 2 is 1.77 bits per heavy atom. The number of benzene rings is 1. The summed E-state index contributed by atoms with van der Waals surface area (Å²) in [5.74, 6) is -13.4. The van der Waals surface area contributed by atoms with Crippen LogP contribution in [0, 0.1) is 23.3 Å². The van der Waals surface area contributed by atoms with Gasteiger partial charge in [0.2, 0.25) is 17.5 Å². The van der Waals surface area contributed by atoms with E-state index in [0.29, 0.717) is 0 Å². The van der Waals surface area contributed by atoms with Crippen LogP contribution >= 0.6 is 0 Å². The number of hydrogen-bond donors (Lipinski definition) is 3. The number of carbonyl (C=O) groups is 4. The molecule has 40 heavy (non-hydrogen) atoms. The third-order valence-electron chi connectivity index (χ3n) is 5.55. The van der Waals surface area contributed by atoms with E-state index >= 15 is 0 Å². The molecule has 0 aliphatic carbocycles. The summed E-state index contributed by atoms with van der Waals surface area (Å²) < 4.78 is 64.8. The Morgan fingerprint density at radius 1 is 1.10 bits per heavy atom. The van der Waals surface area contributed by atoms with Crippen molar-refractivity contribution >= 4 is 29.3 Å². The maximum Gasteiger partial charge on any atom is 0.305 e. The van der Waals surface area contributed by atoms with Crippen LogP contribution in [0.2, 0.25) is 0 Å². The van der Waals surface area contributed by atoms with E-state index in [2.05, 4.69) is 15.4 Å². The van der Waals surface area contributed by atoms with E-state index in [9.17, 15) is 46.6 Å². The highest BCUT2D eigenvalue weighted by Crippen LogP contribution is 2.26. The molecule has 11 nitrogen and oxygen atoms in total. The molecule has 3 aromatic rings. The molecule has 0 aliphatic rings. The van der Waals surface area contributed by atoms with E-state index in [4.69, 9.17) is 4.42 Å². The molecule has 3 N–H and O–H groups in total. The molecule has 2 aromatic heterocycles. The molecule has 3 rings (SSSR count). The number of furan rings is 1. The molecule has 0 spiro atoms. The van der Waals surface area contributed by atoms with Crippen LogP contribution in [0.1, 0.15) is 36.2 Å². The number of carboxylic acid groups (broad SMARTS) is 1. The quantitative estimate of drug-likeness (QED) is 0.223. The van der Waals surface area contributed by atoms with Crippen LogP contribution in [0.25, 0.3) is 0 Å². The van der Waals surface area contributed by atoms with Crippen molar-refractivity contribution in [3.63, 3.8) is 0 Å². The number of rotatable bonds is 12. The maximum atomic E-state index is 13.8. The summed E-state index contributed by atoms with van der Waals surface area (Å²) in [6.45, 7) is 0.246. The lowest BCUT2D eigenvalue weighted by Gasteiger charge is -2.22. The molecule has 2 atom stereocenters. The summed E-state index contributed by atoms with van der Waals surface area (Å²) in [5, 5.41) is 13.7. The predicted molar refractivity (Wildman–Crippen MR) is 128 cm³/mol. The molecule has 15 heteroatoms. The Morgan fingerprint density at radius 3 is 2.35 bits per heavy atom. The van der Waals surface area contributed by atoms with Gasteiger partial charge < -0.3 is 29.5 Å². The molecule has 1 aromatic carbocycles. The number of ketones is 1. The SMILES string of the molecule is CC[C@@H](C(=O)NC(CC(=O)O)C(=O)COc1c(F)c(F)cc(F)c1F)n1cccc(NC(=O)c2ccoc2)c1=O. The summed E-state index contributed by atoms with van der Waals surface area (Å²) in [6.07, 6.45) is 2.59. The van der Waals surface area contributed by atoms with Crippen LogP contribution in [-0.2, 0) is 14.4 Å². The lowest BCUT2D eigenvalue weighted by molar-refractivity contribution is -0.140. The molecule has 0 radical (unpaired) electrons. The van der Waals surface area contributed by atoms with Gasteiger partial charge in [0.05, 0.1) is 18.2 Å². The topological polar surface area (TPSA) is 157 Å². The number of aliphatic carboxylic acids is 1. The van der Waals surface area contributed by atoms with Gasteiger partial charge in [-0.25, -0.2) is 8.78 Å². The first kappa shape index (κ1) is 29.6. The van der Waals surface area contributed by atoms with Gasteiger partial charge in [0.1, 0.15) is 30.6 Å². The molecule has 0 fully saturated rings. The summed E-state index contributed by atoms with van der Waals surface area (Å²) in [6, 6.07) is 0.812. The number of carbonyl (C=O) groups excluding carboxylic acids is 3. The van der Waals surface area contributed by atoms with E-state index in [1.807, 2.05) is 0 Å². The van der Waals surface area contributed by atoms with E-state index in [0.717, 1.165) is 10.8 Å². The second kappa shape index (κ2) is 12.7. The summed E-state index contributed by atoms with van der Waals surface area (Å²) in [5.41, 5.74) is -0.875. The van der Waals surface area contributed by atoms with Gasteiger partial charge in [-0.05, 0) is 24.6 Å². The largest absolute Gasteiger partial charge is 0.481 e. The fourth-order valence-corrected chi connectivity index (χ4v) is 3.56. The number of halogens is 4. The fourth-order valence-electron chi connectivity index (χ4n) is 3.56. The molecule has 1 unspecified atom stereocenters. The van der Waals surface area contributed by atoms with Gasteiger partial charge in [-0.15, -0.1) is 0 Å². The maximum absolute atomic E-state index is 13.8. The molecule has 2 heterocycles. The lowest BCUT2D eigenvalue weighted by Crippen LogP contribution is -2.48. The van der Waals surface area contributed by atoms with E-state index in [1.165, 1.54) is 37.6 Å². The number of Topliss-reactive ketones (excluding diaryl/α,β-unsaturated/α-hetero) is 1. The van der Waals surface area contributed by atoms with Crippen LogP contribution in [0.4, 0.5) is 23.2 Å². The van der Waals surface area contributed by atoms with E-state index in [1.54, 1.807) is 0 Å². The highest BCUT2D eigenvalue weighted by Gasteiger charge is 2.30. The molecule has 0 saturated heterocycles. The number of carboxylic acids is 1. The Hall–Kier alpha value is -4.95. The van der Waals surface area contributed by atoms with Crippen molar-refractivity contribution in [3.05, 3.63) is 82.2 Å². The van der Waals surface area contributed by atoms with Crippen molar-refractivity contribution in [2.45, 2.75) is 31.8 Å². The second-order valence-electron chi connectivity index (χ2n) is 8.24. The number of pyridine rings is 1. The first-order valence-electron chi connectivity index (χ1n) is 11.5. The summed E-state index contributed by atoms with van der Waals surface area (Å²) in [7, 11) is 0. The number of amides is 2. The Bertz CT molecular complexity index is 1460. The zero-order valence-electron chi connectivity index (χ0n) is 20.6. The minimum atomic E-state index is -1.92. The Labute approximate surface area is 222 Å². The van der Waals surface area contributed by atoms with Gasteiger partial charge in [-0.2, -0.15) is 8.78 Å². The van der Waals surface area contributed by atoms with Gasteiger partial charge in [0.15, 0.2) is 23.2 Å². The second-order valence-corrected chi connectivity index (χ2v) is 8.24. The average Bonchev–Trinajstić information content (AvgIpc) is 3.44. The van der Waals surface area contributed by atoms with Crippen molar-refractivity contribution in [2.75, 3.05) is 11.9 Å².